The summed E-state index contributed by atoms with van der Waals surface area (Å²) >= 11 is 3.46. The van der Waals surface area contributed by atoms with Crippen molar-refractivity contribution in [2.75, 3.05) is 13.2 Å². The third-order valence-corrected chi connectivity index (χ3v) is 8.75. The monoisotopic (exact) mass is 635 g/mol. The Morgan fingerprint density at radius 3 is 1.98 bits per heavy atom. The lowest BCUT2D eigenvalue weighted by Crippen LogP contribution is -2.45. The largest absolute Gasteiger partial charge is 0.490 e. The van der Waals surface area contributed by atoms with E-state index in [0.29, 0.717) is 61.5 Å². The summed E-state index contributed by atoms with van der Waals surface area (Å²) in [6.07, 6.45) is 1.77. The van der Waals surface area contributed by atoms with E-state index in [2.05, 4.69) is 15.9 Å². The van der Waals surface area contributed by atoms with Crippen LogP contribution in [0.5, 0.6) is 11.5 Å². The van der Waals surface area contributed by atoms with Gasteiger partial charge in [0.05, 0.1) is 6.61 Å². The first-order valence-electron chi connectivity index (χ1n) is 14.4. The lowest BCUT2D eigenvalue weighted by atomic mass is 9.63. The highest BCUT2D eigenvalue weighted by Gasteiger charge is 2.49. The molecule has 42 heavy (non-hydrogen) atoms. The minimum atomic E-state index is -0.996. The molecule has 0 spiro atoms. The van der Waals surface area contributed by atoms with Gasteiger partial charge in [-0.05, 0) is 66.0 Å². The highest BCUT2D eigenvalue weighted by molar-refractivity contribution is 9.10. The summed E-state index contributed by atoms with van der Waals surface area (Å²) < 4.78 is 13.2. The molecule has 0 atom stereocenters. The number of ether oxygens (including phenoxy) is 2. The van der Waals surface area contributed by atoms with Crippen LogP contribution in [-0.2, 0) is 21.0 Å². The molecule has 1 aliphatic heterocycles. The van der Waals surface area contributed by atoms with Crippen LogP contribution in [0.15, 0.2) is 69.5 Å². The summed E-state index contributed by atoms with van der Waals surface area (Å²) in [6, 6.07) is 13.5. The molecule has 8 heteroatoms. The standard InChI is InChI=1S/C34H38BrNO6/c1-6-41-28-13-21(9-12-27(28)42-19-20-7-10-22(35)11-8-20)30-31-23(14-33(2,3)16-25(31)37)36(18-29(39)40)24-15-34(4,5)17-26(38)32(24)30/h7-13,30H,6,14-19H2,1-5H3,(H,39,40). The molecule has 2 aromatic rings. The first kappa shape index (κ1) is 30.1. The van der Waals surface area contributed by atoms with E-state index in [4.69, 9.17) is 9.47 Å². The van der Waals surface area contributed by atoms with Crippen LogP contribution in [0.4, 0.5) is 0 Å². The Labute approximate surface area is 255 Å². The number of nitrogens with zero attached hydrogens (tertiary/aromatic N) is 1. The number of ketones is 2. The van der Waals surface area contributed by atoms with Gasteiger partial charge in [-0.2, -0.15) is 0 Å². The van der Waals surface area contributed by atoms with Crippen molar-refractivity contribution in [2.45, 2.75) is 72.8 Å². The van der Waals surface area contributed by atoms with Crippen LogP contribution in [0.25, 0.3) is 0 Å². The van der Waals surface area contributed by atoms with E-state index in [1.54, 1.807) is 4.90 Å². The van der Waals surface area contributed by atoms with E-state index in [1.807, 2.05) is 77.1 Å². The Balaban J connectivity index is 1.64. The molecule has 0 bridgehead atoms. The van der Waals surface area contributed by atoms with Crippen molar-refractivity contribution in [3.05, 3.63) is 80.6 Å². The van der Waals surface area contributed by atoms with Gasteiger partial charge < -0.3 is 19.5 Å². The average Bonchev–Trinajstić information content (AvgIpc) is 2.88. The van der Waals surface area contributed by atoms with Crippen LogP contribution in [-0.4, -0.2) is 40.7 Å². The van der Waals surface area contributed by atoms with Gasteiger partial charge in [0, 0.05) is 45.8 Å². The number of carboxylic acid groups (broad SMARTS) is 1. The SMILES string of the molecule is CCOc1cc(C2C3=C(CC(C)(C)CC3=O)N(CC(=O)O)C3=C2C(=O)CC(C)(C)C3)ccc1OCc1ccc(Br)cc1. The predicted octanol–water partition coefficient (Wildman–Crippen LogP) is 7.20. The van der Waals surface area contributed by atoms with E-state index >= 15 is 0 Å². The Morgan fingerprint density at radius 2 is 1.45 bits per heavy atom. The second-order valence-electron chi connectivity index (χ2n) is 13.1. The molecule has 0 saturated heterocycles. The fourth-order valence-corrected chi connectivity index (χ4v) is 6.81. The molecule has 0 fully saturated rings. The van der Waals surface area contributed by atoms with E-state index < -0.39 is 11.9 Å². The number of rotatable bonds is 8. The maximum Gasteiger partial charge on any atom is 0.323 e. The molecule has 5 rings (SSSR count). The summed E-state index contributed by atoms with van der Waals surface area (Å²) in [4.78, 5) is 41.7. The topological polar surface area (TPSA) is 93.1 Å². The maximum atomic E-state index is 13.9. The molecule has 0 radical (unpaired) electrons. The Hall–Kier alpha value is -3.39. The molecule has 3 aliphatic rings. The molecule has 1 heterocycles. The number of halogens is 1. The van der Waals surface area contributed by atoms with Gasteiger partial charge in [0.25, 0.3) is 0 Å². The second kappa shape index (κ2) is 11.4. The van der Waals surface area contributed by atoms with E-state index in [9.17, 15) is 19.5 Å². The normalized spacial score (nSPS) is 19.9. The molecule has 0 aromatic heterocycles. The fraction of sp³-hybridized carbons (Fsp3) is 0.441. The minimum absolute atomic E-state index is 0.0423. The molecule has 0 saturated carbocycles. The van der Waals surface area contributed by atoms with Gasteiger partial charge in [0.15, 0.2) is 23.1 Å². The van der Waals surface area contributed by atoms with E-state index in [0.717, 1.165) is 27.0 Å². The van der Waals surface area contributed by atoms with Gasteiger partial charge in [-0.3, -0.25) is 14.4 Å². The number of allylic oxidation sites excluding steroid dienone is 4. The number of aliphatic carboxylic acids is 1. The van der Waals surface area contributed by atoms with Gasteiger partial charge in [-0.1, -0.05) is 61.8 Å². The summed E-state index contributed by atoms with van der Waals surface area (Å²) in [5.41, 5.74) is 3.64. The Morgan fingerprint density at radius 1 is 0.881 bits per heavy atom. The van der Waals surface area contributed by atoms with Crippen molar-refractivity contribution < 1.29 is 29.0 Å². The third-order valence-electron chi connectivity index (χ3n) is 8.22. The van der Waals surface area contributed by atoms with Crippen molar-refractivity contribution in [1.29, 1.82) is 0 Å². The molecular formula is C34H38BrNO6. The van der Waals surface area contributed by atoms with Crippen LogP contribution in [0.1, 0.15) is 77.3 Å². The van der Waals surface area contributed by atoms with Crippen LogP contribution in [0.3, 0.4) is 0 Å². The molecule has 2 aliphatic carbocycles. The molecule has 1 N–H and O–H groups in total. The van der Waals surface area contributed by atoms with Crippen molar-refractivity contribution in [2.24, 2.45) is 10.8 Å². The smallest absolute Gasteiger partial charge is 0.323 e. The summed E-state index contributed by atoms with van der Waals surface area (Å²) in [5, 5.41) is 9.90. The number of benzene rings is 2. The number of hydrogen-bond donors (Lipinski definition) is 1. The maximum absolute atomic E-state index is 13.9. The van der Waals surface area contributed by atoms with Gasteiger partial charge in [-0.15, -0.1) is 0 Å². The van der Waals surface area contributed by atoms with Gasteiger partial charge in [0.1, 0.15) is 13.2 Å². The summed E-state index contributed by atoms with van der Waals surface area (Å²) in [7, 11) is 0. The zero-order chi connectivity index (χ0) is 30.4. The zero-order valence-corrected chi connectivity index (χ0v) is 26.5. The zero-order valence-electron chi connectivity index (χ0n) is 24.9. The lowest BCUT2D eigenvalue weighted by molar-refractivity contribution is -0.138. The summed E-state index contributed by atoms with van der Waals surface area (Å²) in [6.45, 7) is 10.5. The number of carbonyl (C=O) groups is 3. The lowest BCUT2D eigenvalue weighted by Gasteiger charge is -2.48. The van der Waals surface area contributed by atoms with E-state index in [-0.39, 0.29) is 28.9 Å². The molecule has 222 valence electrons. The molecule has 0 unspecified atom stereocenters. The summed E-state index contributed by atoms with van der Waals surface area (Å²) in [5.74, 6) is -0.561. The van der Waals surface area contributed by atoms with Crippen LogP contribution in [0, 0.1) is 10.8 Å². The van der Waals surface area contributed by atoms with Crippen molar-refractivity contribution >= 4 is 33.5 Å². The average molecular weight is 637 g/mol. The fourth-order valence-electron chi connectivity index (χ4n) is 6.54. The first-order valence-corrected chi connectivity index (χ1v) is 15.2. The minimum Gasteiger partial charge on any atom is -0.490 e. The van der Waals surface area contributed by atoms with Crippen LogP contribution < -0.4 is 9.47 Å². The Bertz CT molecular complexity index is 1450. The second-order valence-corrected chi connectivity index (χ2v) is 14.0. The molecule has 0 amide bonds. The highest BCUT2D eigenvalue weighted by atomic mass is 79.9. The molecule has 7 nitrogen and oxygen atoms in total. The predicted molar refractivity (Wildman–Crippen MR) is 163 cm³/mol. The number of hydrogen-bond acceptors (Lipinski definition) is 6. The van der Waals surface area contributed by atoms with Gasteiger partial charge in [0.2, 0.25) is 0 Å². The third kappa shape index (κ3) is 6.05. The number of Topliss-reactive ketones (excluding diaryl/α,β-unsaturated/α-hetero) is 2. The van der Waals surface area contributed by atoms with Crippen molar-refractivity contribution in [1.82, 2.24) is 4.90 Å². The number of carbonyl (C=O) groups excluding carboxylic acids is 2. The van der Waals surface area contributed by atoms with Gasteiger partial charge in [-0.25, -0.2) is 0 Å². The Kier molecular flexibility index (Phi) is 8.14. The van der Waals surface area contributed by atoms with E-state index in [1.165, 1.54) is 0 Å². The highest BCUT2D eigenvalue weighted by Crippen LogP contribution is 2.54. The van der Waals surface area contributed by atoms with Gasteiger partial charge >= 0.3 is 5.97 Å². The quantitative estimate of drug-likeness (QED) is 0.328. The molecule has 2 aromatic carbocycles. The number of carboxylic acids is 1. The van der Waals surface area contributed by atoms with Crippen LogP contribution in [0.2, 0.25) is 0 Å². The molecular weight excluding hydrogens is 598 g/mol. The van der Waals surface area contributed by atoms with Crippen molar-refractivity contribution in [3.8, 4) is 11.5 Å². The van der Waals surface area contributed by atoms with Crippen LogP contribution >= 0.6 is 15.9 Å². The van der Waals surface area contributed by atoms with Crippen molar-refractivity contribution in [3.63, 3.8) is 0 Å². The first-order chi connectivity index (χ1) is 19.8.